The van der Waals surface area contributed by atoms with Gasteiger partial charge >= 0.3 is 0 Å². The Morgan fingerprint density at radius 2 is 2.11 bits per heavy atom. The van der Waals surface area contributed by atoms with Crippen molar-refractivity contribution in [3.05, 3.63) is 15.8 Å². The van der Waals surface area contributed by atoms with E-state index in [2.05, 4.69) is 15.0 Å². The highest BCUT2D eigenvalue weighted by molar-refractivity contribution is 14.0. The molecule has 0 saturated heterocycles. The Balaban J connectivity index is 0.00000392. The summed E-state index contributed by atoms with van der Waals surface area (Å²) < 4.78 is 33.1. The third-order valence-electron chi connectivity index (χ3n) is 4.27. The monoisotopic (exact) mass is 544 g/mol. The van der Waals surface area contributed by atoms with Gasteiger partial charge in [0.25, 0.3) is 0 Å². The Hall–Kier alpha value is -0.430. The molecular weight excluding hydrogens is 511 g/mol. The van der Waals surface area contributed by atoms with Crippen molar-refractivity contribution in [1.82, 2.24) is 14.9 Å². The molecule has 28 heavy (non-hydrogen) atoms. The fourth-order valence-corrected chi connectivity index (χ4v) is 5.18. The number of hydrogen-bond donors (Lipinski definition) is 2. The Kier molecular flexibility index (Phi) is 11.3. The van der Waals surface area contributed by atoms with Crippen LogP contribution in [0.3, 0.4) is 0 Å². The molecule has 2 N–H and O–H groups in total. The molecule has 0 bridgehead atoms. The summed E-state index contributed by atoms with van der Waals surface area (Å²) in [5.74, 6) is 1.52. The first-order chi connectivity index (χ1) is 12.8. The number of likely N-dealkylation sites (N-methyl/N-ethyl adjacent to an activating group) is 1. The van der Waals surface area contributed by atoms with Gasteiger partial charge in [-0.05, 0) is 45.6 Å². The van der Waals surface area contributed by atoms with Crippen molar-refractivity contribution in [3.8, 4) is 0 Å². The van der Waals surface area contributed by atoms with Gasteiger partial charge in [-0.3, -0.25) is 4.99 Å². The number of hydrogen-bond acceptors (Lipinski definition) is 5. The Labute approximate surface area is 190 Å². The first kappa shape index (κ1) is 25.6. The molecule has 0 spiro atoms. The van der Waals surface area contributed by atoms with Gasteiger partial charge in [0.15, 0.2) is 5.96 Å². The lowest BCUT2D eigenvalue weighted by atomic mass is 10.4. The highest BCUT2D eigenvalue weighted by Gasteiger charge is 2.21. The van der Waals surface area contributed by atoms with Gasteiger partial charge in [0.05, 0.1) is 18.0 Å². The van der Waals surface area contributed by atoms with Crippen LogP contribution in [0.4, 0.5) is 0 Å². The highest BCUT2D eigenvalue weighted by atomic mass is 127. The molecule has 2 rings (SSSR count). The molecule has 0 aliphatic heterocycles. The van der Waals surface area contributed by atoms with Crippen LogP contribution < -0.4 is 10.0 Å². The molecule has 0 amide bonds. The summed E-state index contributed by atoms with van der Waals surface area (Å²) in [5.41, 5.74) is 0. The highest BCUT2D eigenvalue weighted by Crippen LogP contribution is 2.28. The zero-order chi connectivity index (χ0) is 19.9. The molecule has 0 aromatic carbocycles. The summed E-state index contributed by atoms with van der Waals surface area (Å²) >= 11 is 1.49. The second-order valence-corrected chi connectivity index (χ2v) is 10.0. The third kappa shape index (κ3) is 8.52. The first-order valence-corrected chi connectivity index (χ1v) is 11.8. The van der Waals surface area contributed by atoms with Crippen molar-refractivity contribution >= 4 is 51.3 Å². The summed E-state index contributed by atoms with van der Waals surface area (Å²) in [7, 11) is -1.52. The van der Waals surface area contributed by atoms with E-state index in [1.165, 1.54) is 24.2 Å². The SMILES string of the molecule is CCNC(=NCCNS(=O)(=O)c1cc(C)sc1C)N(C)CCOCC1CC1.I. The fourth-order valence-electron chi connectivity index (χ4n) is 2.61. The van der Waals surface area contributed by atoms with E-state index in [0.717, 1.165) is 41.3 Å². The number of aryl methyl sites for hydroxylation is 2. The molecule has 0 unspecified atom stereocenters. The van der Waals surface area contributed by atoms with Gasteiger partial charge in [0.1, 0.15) is 0 Å². The van der Waals surface area contributed by atoms with Crippen LogP contribution >= 0.6 is 35.3 Å². The number of thiophene rings is 1. The third-order valence-corrected chi connectivity index (χ3v) is 6.95. The lowest BCUT2D eigenvalue weighted by Crippen LogP contribution is -2.41. The van der Waals surface area contributed by atoms with E-state index in [1.54, 1.807) is 6.07 Å². The molecule has 7 nitrogen and oxygen atoms in total. The summed E-state index contributed by atoms with van der Waals surface area (Å²) in [5, 5.41) is 3.23. The van der Waals surface area contributed by atoms with Crippen LogP contribution in [0.15, 0.2) is 16.0 Å². The van der Waals surface area contributed by atoms with Gasteiger partial charge in [-0.2, -0.15) is 0 Å². The van der Waals surface area contributed by atoms with Crippen LogP contribution in [-0.4, -0.2) is 65.7 Å². The van der Waals surface area contributed by atoms with Gasteiger partial charge in [-0.15, -0.1) is 35.3 Å². The lowest BCUT2D eigenvalue weighted by molar-refractivity contribution is 0.115. The van der Waals surface area contributed by atoms with Gasteiger partial charge in [0.2, 0.25) is 10.0 Å². The maximum absolute atomic E-state index is 12.4. The fraction of sp³-hybridized carbons (Fsp3) is 0.722. The van der Waals surface area contributed by atoms with E-state index in [1.807, 2.05) is 32.7 Å². The maximum Gasteiger partial charge on any atom is 0.241 e. The normalized spacial score (nSPS) is 14.6. The molecule has 1 saturated carbocycles. The molecule has 1 aromatic heterocycles. The minimum Gasteiger partial charge on any atom is -0.379 e. The van der Waals surface area contributed by atoms with Gasteiger partial charge in [0, 0.05) is 43.0 Å². The van der Waals surface area contributed by atoms with Crippen LogP contribution in [0, 0.1) is 19.8 Å². The van der Waals surface area contributed by atoms with Crippen molar-refractivity contribution in [2.75, 3.05) is 46.4 Å². The van der Waals surface area contributed by atoms with Crippen molar-refractivity contribution in [2.24, 2.45) is 10.9 Å². The Morgan fingerprint density at radius 3 is 2.68 bits per heavy atom. The van der Waals surface area contributed by atoms with E-state index in [-0.39, 0.29) is 30.5 Å². The Morgan fingerprint density at radius 1 is 1.39 bits per heavy atom. The summed E-state index contributed by atoms with van der Waals surface area (Å²) in [4.78, 5) is 8.69. The summed E-state index contributed by atoms with van der Waals surface area (Å²) in [6.07, 6.45) is 2.58. The minimum absolute atomic E-state index is 0. The summed E-state index contributed by atoms with van der Waals surface area (Å²) in [6, 6.07) is 1.71. The largest absolute Gasteiger partial charge is 0.379 e. The zero-order valence-corrected chi connectivity index (χ0v) is 21.1. The van der Waals surface area contributed by atoms with E-state index in [4.69, 9.17) is 4.74 Å². The Bertz CT molecular complexity index is 733. The maximum atomic E-state index is 12.4. The standard InChI is InChI=1S/C18H32N4O3S2.HI/c1-5-19-18(22(4)10-11-25-13-16-6-7-16)20-8-9-21-27(23,24)17-12-14(2)26-15(17)3;/h12,16,21H,5-11,13H2,1-4H3,(H,19,20);1H. The quantitative estimate of drug-likeness (QED) is 0.194. The lowest BCUT2D eigenvalue weighted by Gasteiger charge is -2.22. The molecule has 162 valence electrons. The van der Waals surface area contributed by atoms with Gasteiger partial charge in [-0.25, -0.2) is 13.1 Å². The van der Waals surface area contributed by atoms with Crippen LogP contribution in [-0.2, 0) is 14.8 Å². The molecule has 0 radical (unpaired) electrons. The predicted molar refractivity (Wildman–Crippen MR) is 127 cm³/mol. The van der Waals surface area contributed by atoms with E-state index >= 15 is 0 Å². The molecule has 1 aliphatic rings. The van der Waals surface area contributed by atoms with E-state index in [9.17, 15) is 8.42 Å². The van der Waals surface area contributed by atoms with Crippen molar-refractivity contribution < 1.29 is 13.2 Å². The minimum atomic E-state index is -3.48. The van der Waals surface area contributed by atoms with Crippen LogP contribution in [0.5, 0.6) is 0 Å². The van der Waals surface area contributed by atoms with Crippen LogP contribution in [0.25, 0.3) is 0 Å². The van der Waals surface area contributed by atoms with Crippen molar-refractivity contribution in [2.45, 2.75) is 38.5 Å². The first-order valence-electron chi connectivity index (χ1n) is 9.47. The number of nitrogens with zero attached hydrogens (tertiary/aromatic N) is 2. The predicted octanol–water partition coefficient (Wildman–Crippen LogP) is 2.59. The van der Waals surface area contributed by atoms with Crippen molar-refractivity contribution in [1.29, 1.82) is 0 Å². The second kappa shape index (κ2) is 12.3. The molecule has 1 fully saturated rings. The summed E-state index contributed by atoms with van der Waals surface area (Å²) in [6.45, 7) is 9.40. The van der Waals surface area contributed by atoms with Gasteiger partial charge in [-0.1, -0.05) is 0 Å². The average Bonchev–Trinajstić information content (AvgIpc) is 3.36. The molecular formula is C18H33IN4O3S2. The smallest absolute Gasteiger partial charge is 0.241 e. The number of sulfonamides is 1. The zero-order valence-electron chi connectivity index (χ0n) is 17.2. The number of guanidine groups is 1. The van der Waals surface area contributed by atoms with Crippen LogP contribution in [0.2, 0.25) is 0 Å². The molecule has 1 aliphatic carbocycles. The topological polar surface area (TPSA) is 83.0 Å². The number of nitrogens with one attached hydrogen (secondary N) is 2. The number of ether oxygens (including phenoxy) is 1. The number of halogens is 1. The average molecular weight is 545 g/mol. The van der Waals surface area contributed by atoms with Crippen molar-refractivity contribution in [3.63, 3.8) is 0 Å². The molecule has 1 aromatic rings. The van der Waals surface area contributed by atoms with Gasteiger partial charge < -0.3 is 15.0 Å². The molecule has 0 atom stereocenters. The number of rotatable bonds is 11. The second-order valence-electron chi connectivity index (χ2n) is 6.85. The molecule has 1 heterocycles. The number of aliphatic imine (C=N–C) groups is 1. The molecule has 10 heteroatoms. The van der Waals surface area contributed by atoms with E-state index in [0.29, 0.717) is 18.0 Å². The van der Waals surface area contributed by atoms with Crippen LogP contribution in [0.1, 0.15) is 29.5 Å². The van der Waals surface area contributed by atoms with E-state index < -0.39 is 10.0 Å².